The lowest BCUT2D eigenvalue weighted by atomic mass is 10.1. The predicted octanol–water partition coefficient (Wildman–Crippen LogP) is 4.75. The Morgan fingerprint density at radius 2 is 1.44 bits per heavy atom. The molecule has 0 aliphatic rings. The van der Waals surface area contributed by atoms with E-state index in [1.54, 1.807) is 4.68 Å². The van der Waals surface area contributed by atoms with Crippen molar-refractivity contribution in [2.24, 2.45) is 7.05 Å². The predicted molar refractivity (Wildman–Crippen MR) is 128 cm³/mol. The van der Waals surface area contributed by atoms with Crippen LogP contribution in [0.25, 0.3) is 33.5 Å². The molecule has 0 aliphatic carbocycles. The molecule has 3 aromatic carbocycles. The van der Waals surface area contributed by atoms with Crippen molar-refractivity contribution in [3.05, 3.63) is 101 Å². The zero-order chi connectivity index (χ0) is 22.2. The molecule has 0 bridgehead atoms. The minimum Gasteiger partial charge on any atom is -0.326 e. The van der Waals surface area contributed by atoms with Crippen molar-refractivity contribution >= 4 is 22.5 Å². The summed E-state index contributed by atoms with van der Waals surface area (Å²) < 4.78 is 5.62. The van der Waals surface area contributed by atoms with E-state index in [2.05, 4.69) is 5.32 Å². The minimum absolute atomic E-state index is 0.0684. The first-order chi connectivity index (χ1) is 15.5. The first-order valence-electron chi connectivity index (χ1n) is 10.4. The van der Waals surface area contributed by atoms with Gasteiger partial charge >= 0.3 is 0 Å². The first-order valence-corrected chi connectivity index (χ1v) is 10.4. The lowest BCUT2D eigenvalue weighted by Gasteiger charge is -2.12. The highest BCUT2D eigenvalue weighted by molar-refractivity contribution is 5.95. The van der Waals surface area contributed by atoms with Gasteiger partial charge in [0.2, 0.25) is 5.91 Å². The monoisotopic (exact) mass is 422 g/mol. The number of carbonyl (C=O) groups excluding carboxylic acids is 1. The van der Waals surface area contributed by atoms with Crippen LogP contribution in [0.1, 0.15) is 6.92 Å². The highest BCUT2D eigenvalue weighted by Gasteiger charge is 2.22. The van der Waals surface area contributed by atoms with E-state index >= 15 is 0 Å². The molecule has 158 valence electrons. The van der Waals surface area contributed by atoms with Crippen LogP contribution in [0, 0.1) is 0 Å². The van der Waals surface area contributed by atoms with Crippen LogP contribution >= 0.6 is 0 Å². The maximum Gasteiger partial charge on any atom is 0.281 e. The minimum atomic E-state index is -0.115. The molecule has 6 heteroatoms. The number of aryl methyl sites for hydroxylation is 1. The van der Waals surface area contributed by atoms with E-state index in [0.29, 0.717) is 5.39 Å². The number of rotatable bonds is 4. The average molecular weight is 422 g/mol. The van der Waals surface area contributed by atoms with Crippen molar-refractivity contribution < 1.29 is 4.79 Å². The van der Waals surface area contributed by atoms with Gasteiger partial charge in [0.1, 0.15) is 0 Å². The summed E-state index contributed by atoms with van der Waals surface area (Å²) in [5.74, 6) is -0.115. The number of hydrogen-bond donors (Lipinski definition) is 1. The highest BCUT2D eigenvalue weighted by atomic mass is 16.1. The molecule has 0 aliphatic heterocycles. The second-order valence-electron chi connectivity index (χ2n) is 7.68. The number of para-hydroxylation sites is 1. The number of hydrogen-bond acceptors (Lipinski definition) is 2. The molecular formula is C26H22N4O2. The largest absolute Gasteiger partial charge is 0.326 e. The fourth-order valence-corrected chi connectivity index (χ4v) is 4.15. The summed E-state index contributed by atoms with van der Waals surface area (Å²) in [5.41, 5.74) is 5.01. The van der Waals surface area contributed by atoms with Crippen LogP contribution in [-0.4, -0.2) is 19.8 Å². The number of fused-ring (bicyclic) bond motifs is 1. The van der Waals surface area contributed by atoms with Crippen molar-refractivity contribution in [1.82, 2.24) is 13.9 Å². The standard InChI is InChI=1S/C26H22N4O2/c1-18(31)27-20-13-15-21(16-14-20)29-17-23-24(25(29)19-9-5-3-6-10-19)26(32)30(28(23)2)22-11-7-4-8-12-22/h3-17H,1-2H3,(H,27,31). The van der Waals surface area contributed by atoms with Gasteiger partial charge in [-0.25, -0.2) is 4.68 Å². The molecule has 2 aromatic heterocycles. The number of nitrogens with one attached hydrogen (secondary N) is 1. The molecule has 0 saturated heterocycles. The van der Waals surface area contributed by atoms with Crippen LogP contribution in [0.4, 0.5) is 5.69 Å². The van der Waals surface area contributed by atoms with Gasteiger partial charge in [0, 0.05) is 31.5 Å². The van der Waals surface area contributed by atoms with Gasteiger partial charge in [-0.3, -0.25) is 14.3 Å². The Bertz CT molecular complexity index is 1470. The molecule has 0 fully saturated rings. The van der Waals surface area contributed by atoms with Crippen molar-refractivity contribution in [3.63, 3.8) is 0 Å². The summed E-state index contributed by atoms with van der Waals surface area (Å²) in [6.45, 7) is 1.48. The Morgan fingerprint density at radius 1 is 0.812 bits per heavy atom. The molecule has 0 spiro atoms. The molecule has 1 amide bonds. The van der Waals surface area contributed by atoms with Crippen LogP contribution in [-0.2, 0) is 11.8 Å². The number of amides is 1. The zero-order valence-electron chi connectivity index (χ0n) is 17.8. The van der Waals surface area contributed by atoms with Crippen molar-refractivity contribution in [2.75, 3.05) is 5.32 Å². The lowest BCUT2D eigenvalue weighted by Crippen LogP contribution is -2.20. The summed E-state index contributed by atoms with van der Waals surface area (Å²) in [6, 6.07) is 27.2. The van der Waals surface area contributed by atoms with Gasteiger partial charge in [0.15, 0.2) is 0 Å². The Morgan fingerprint density at radius 3 is 2.06 bits per heavy atom. The molecule has 5 rings (SSSR count). The quantitative estimate of drug-likeness (QED) is 0.455. The van der Waals surface area contributed by atoms with Gasteiger partial charge in [-0.1, -0.05) is 48.5 Å². The highest BCUT2D eigenvalue weighted by Crippen LogP contribution is 2.32. The second kappa shape index (κ2) is 7.74. The fourth-order valence-electron chi connectivity index (χ4n) is 4.15. The van der Waals surface area contributed by atoms with Gasteiger partial charge < -0.3 is 9.88 Å². The summed E-state index contributed by atoms with van der Waals surface area (Å²) in [5, 5.41) is 3.45. The summed E-state index contributed by atoms with van der Waals surface area (Å²) in [4.78, 5) is 25.0. The van der Waals surface area contributed by atoms with Gasteiger partial charge in [-0.05, 0) is 42.0 Å². The molecular weight excluding hydrogens is 400 g/mol. The van der Waals surface area contributed by atoms with E-state index in [-0.39, 0.29) is 11.5 Å². The molecule has 6 nitrogen and oxygen atoms in total. The molecule has 0 atom stereocenters. The normalized spacial score (nSPS) is 11.1. The molecule has 0 unspecified atom stereocenters. The maximum atomic E-state index is 13.6. The number of carbonyl (C=O) groups is 1. The van der Waals surface area contributed by atoms with E-state index in [9.17, 15) is 9.59 Å². The fraction of sp³-hybridized carbons (Fsp3) is 0.0769. The van der Waals surface area contributed by atoms with Gasteiger partial charge in [-0.2, -0.15) is 0 Å². The van der Waals surface area contributed by atoms with Gasteiger partial charge in [-0.15, -0.1) is 0 Å². The van der Waals surface area contributed by atoms with E-state index in [4.69, 9.17) is 0 Å². The van der Waals surface area contributed by atoms with Gasteiger partial charge in [0.05, 0.1) is 22.3 Å². The van der Waals surface area contributed by atoms with E-state index < -0.39 is 0 Å². The average Bonchev–Trinajstić information content (AvgIpc) is 3.31. The third kappa shape index (κ3) is 3.22. The van der Waals surface area contributed by atoms with Crippen LogP contribution in [0.2, 0.25) is 0 Å². The van der Waals surface area contributed by atoms with E-state index in [1.165, 1.54) is 6.92 Å². The SMILES string of the molecule is CC(=O)Nc1ccc(-n2cc3c(c2-c2ccccc2)c(=O)n(-c2ccccc2)n3C)cc1. The van der Waals surface area contributed by atoms with Crippen LogP contribution in [0.5, 0.6) is 0 Å². The summed E-state index contributed by atoms with van der Waals surface area (Å²) in [6.07, 6.45) is 1.99. The number of anilines is 1. The number of nitrogens with zero attached hydrogens (tertiary/aromatic N) is 3. The van der Waals surface area contributed by atoms with E-state index in [0.717, 1.165) is 33.8 Å². The molecule has 0 saturated carbocycles. The molecule has 5 aromatic rings. The van der Waals surface area contributed by atoms with Crippen LogP contribution < -0.4 is 10.9 Å². The van der Waals surface area contributed by atoms with Gasteiger partial charge in [0.25, 0.3) is 5.56 Å². The molecule has 32 heavy (non-hydrogen) atoms. The summed E-state index contributed by atoms with van der Waals surface area (Å²) in [7, 11) is 1.90. The Labute approximate surface area is 184 Å². The Hall–Kier alpha value is -4.32. The maximum absolute atomic E-state index is 13.6. The third-order valence-corrected chi connectivity index (χ3v) is 5.55. The van der Waals surface area contributed by atoms with Crippen LogP contribution in [0.15, 0.2) is 95.9 Å². The van der Waals surface area contributed by atoms with Crippen molar-refractivity contribution in [2.45, 2.75) is 6.92 Å². The topological polar surface area (TPSA) is 61.0 Å². The second-order valence-corrected chi connectivity index (χ2v) is 7.68. The van der Waals surface area contributed by atoms with Crippen molar-refractivity contribution in [3.8, 4) is 22.6 Å². The summed E-state index contributed by atoms with van der Waals surface area (Å²) >= 11 is 0. The van der Waals surface area contributed by atoms with Crippen molar-refractivity contribution in [1.29, 1.82) is 0 Å². The molecule has 1 N–H and O–H groups in total. The Balaban J connectivity index is 1.77. The first kappa shape index (κ1) is 19.6. The molecule has 0 radical (unpaired) electrons. The van der Waals surface area contributed by atoms with Crippen LogP contribution in [0.3, 0.4) is 0 Å². The smallest absolute Gasteiger partial charge is 0.281 e. The number of benzene rings is 3. The zero-order valence-corrected chi connectivity index (χ0v) is 17.8. The Kier molecular flexibility index (Phi) is 4.75. The van der Waals surface area contributed by atoms with E-state index in [1.807, 2.05) is 107 Å². The lowest BCUT2D eigenvalue weighted by molar-refractivity contribution is -0.114. The molecule has 2 heterocycles. The number of aromatic nitrogens is 3. The third-order valence-electron chi connectivity index (χ3n) is 5.55.